The highest BCUT2D eigenvalue weighted by Gasteiger charge is 2.23. The Balaban J connectivity index is 2.28. The number of morpholine rings is 1. The third-order valence-electron chi connectivity index (χ3n) is 3.12. The lowest BCUT2D eigenvalue weighted by atomic mass is 10.1. The fourth-order valence-corrected chi connectivity index (χ4v) is 2.71. The Morgan fingerprint density at radius 3 is 2.88 bits per heavy atom. The molecule has 0 bridgehead atoms. The van der Waals surface area contributed by atoms with Crippen LogP contribution in [-0.4, -0.2) is 25.3 Å². The summed E-state index contributed by atoms with van der Waals surface area (Å²) in [5, 5.41) is 0. The maximum absolute atomic E-state index is 5.72. The topological polar surface area (TPSA) is 38.5 Å². The van der Waals surface area contributed by atoms with Gasteiger partial charge in [0.25, 0.3) is 0 Å². The number of anilines is 1. The van der Waals surface area contributed by atoms with Gasteiger partial charge < -0.3 is 15.4 Å². The number of nitrogens with two attached hydrogens (primary N) is 1. The van der Waals surface area contributed by atoms with Gasteiger partial charge in [0, 0.05) is 29.3 Å². The van der Waals surface area contributed by atoms with Crippen molar-refractivity contribution in [2.75, 3.05) is 18.1 Å². The first-order valence-corrected chi connectivity index (χ1v) is 6.77. The molecule has 0 spiro atoms. The third-order valence-corrected chi connectivity index (χ3v) is 3.58. The summed E-state index contributed by atoms with van der Waals surface area (Å²) in [6, 6.07) is 6.79. The number of benzene rings is 1. The molecule has 0 aliphatic carbocycles. The Kier molecular flexibility index (Phi) is 4.07. The molecule has 0 amide bonds. The lowest BCUT2D eigenvalue weighted by Crippen LogP contribution is -2.47. The van der Waals surface area contributed by atoms with E-state index in [1.54, 1.807) is 0 Å². The molecule has 0 saturated carbocycles. The quantitative estimate of drug-likeness (QED) is 0.912. The molecule has 0 radical (unpaired) electrons. The first kappa shape index (κ1) is 12.9. The predicted octanol–water partition coefficient (Wildman–Crippen LogP) is 2.52. The van der Waals surface area contributed by atoms with Gasteiger partial charge >= 0.3 is 0 Å². The van der Waals surface area contributed by atoms with Crippen LogP contribution in [0.15, 0.2) is 22.7 Å². The maximum atomic E-state index is 5.72. The van der Waals surface area contributed by atoms with Gasteiger partial charge in [-0.2, -0.15) is 0 Å². The number of hydrogen-bond donors (Lipinski definition) is 1. The number of hydrogen-bond acceptors (Lipinski definition) is 3. The van der Waals surface area contributed by atoms with E-state index in [4.69, 9.17) is 10.5 Å². The zero-order valence-electron chi connectivity index (χ0n) is 10.3. The second-order valence-corrected chi connectivity index (χ2v) is 5.58. The third kappa shape index (κ3) is 3.00. The van der Waals surface area contributed by atoms with Crippen molar-refractivity contribution in [2.45, 2.75) is 32.5 Å². The minimum Gasteiger partial charge on any atom is -0.375 e. The minimum absolute atomic E-state index is 0.284. The lowest BCUT2D eigenvalue weighted by molar-refractivity contribution is 0.0344. The molecule has 1 aliphatic rings. The highest BCUT2D eigenvalue weighted by Crippen LogP contribution is 2.26. The summed E-state index contributed by atoms with van der Waals surface area (Å²) >= 11 is 3.54. The van der Waals surface area contributed by atoms with Crippen LogP contribution in [0.1, 0.15) is 19.4 Å². The van der Waals surface area contributed by atoms with Crippen LogP contribution in [-0.2, 0) is 11.3 Å². The molecule has 1 aromatic carbocycles. The minimum atomic E-state index is 0.284. The van der Waals surface area contributed by atoms with Gasteiger partial charge in [-0.15, -0.1) is 0 Å². The van der Waals surface area contributed by atoms with Gasteiger partial charge in [0.05, 0.1) is 12.7 Å². The molecule has 0 aromatic heterocycles. The van der Waals surface area contributed by atoms with Crippen LogP contribution in [0.4, 0.5) is 5.69 Å². The smallest absolute Gasteiger partial charge is 0.0723 e. The van der Waals surface area contributed by atoms with Crippen molar-refractivity contribution in [3.63, 3.8) is 0 Å². The number of ether oxygens (including phenoxy) is 1. The molecule has 2 N–H and O–H groups in total. The lowest BCUT2D eigenvalue weighted by Gasteiger charge is -2.38. The van der Waals surface area contributed by atoms with E-state index in [9.17, 15) is 0 Å². The van der Waals surface area contributed by atoms with E-state index in [0.29, 0.717) is 12.6 Å². The molecule has 2 atom stereocenters. The van der Waals surface area contributed by atoms with Gasteiger partial charge in [0.15, 0.2) is 0 Å². The van der Waals surface area contributed by atoms with Gasteiger partial charge in [-0.05, 0) is 37.6 Å². The molecule has 4 heteroatoms. The van der Waals surface area contributed by atoms with Crippen molar-refractivity contribution >= 4 is 21.6 Å². The monoisotopic (exact) mass is 298 g/mol. The van der Waals surface area contributed by atoms with Crippen molar-refractivity contribution in [3.05, 3.63) is 28.2 Å². The average Bonchev–Trinajstić information content (AvgIpc) is 2.31. The molecule has 94 valence electrons. The molecule has 1 saturated heterocycles. The summed E-state index contributed by atoms with van der Waals surface area (Å²) in [5.41, 5.74) is 8.09. The molecular weight excluding hydrogens is 280 g/mol. The van der Waals surface area contributed by atoms with Crippen molar-refractivity contribution in [1.29, 1.82) is 0 Å². The van der Waals surface area contributed by atoms with Gasteiger partial charge in [-0.3, -0.25) is 0 Å². The summed E-state index contributed by atoms with van der Waals surface area (Å²) in [5.74, 6) is 0. The van der Waals surface area contributed by atoms with E-state index in [0.717, 1.165) is 23.2 Å². The molecule has 3 nitrogen and oxygen atoms in total. The molecule has 1 heterocycles. The first-order chi connectivity index (χ1) is 8.10. The Morgan fingerprint density at radius 1 is 1.41 bits per heavy atom. The van der Waals surface area contributed by atoms with Crippen LogP contribution in [0.2, 0.25) is 0 Å². The molecule has 1 aromatic rings. The summed E-state index contributed by atoms with van der Waals surface area (Å²) in [6.07, 6.45) is 0.284. The van der Waals surface area contributed by atoms with E-state index in [1.165, 1.54) is 5.69 Å². The van der Waals surface area contributed by atoms with Crippen molar-refractivity contribution < 1.29 is 4.74 Å². The highest BCUT2D eigenvalue weighted by molar-refractivity contribution is 9.10. The number of nitrogens with zero attached hydrogens (tertiary/aromatic N) is 1. The number of halogens is 1. The highest BCUT2D eigenvalue weighted by atomic mass is 79.9. The van der Waals surface area contributed by atoms with E-state index in [-0.39, 0.29) is 6.10 Å². The van der Waals surface area contributed by atoms with Crippen LogP contribution >= 0.6 is 15.9 Å². The number of rotatable bonds is 2. The molecular formula is C13H19BrN2O. The molecule has 1 fully saturated rings. The zero-order chi connectivity index (χ0) is 12.4. The van der Waals surface area contributed by atoms with Gasteiger partial charge in [-0.25, -0.2) is 0 Å². The van der Waals surface area contributed by atoms with Gasteiger partial charge in [0.1, 0.15) is 0 Å². The van der Waals surface area contributed by atoms with Gasteiger partial charge in [-0.1, -0.05) is 15.9 Å². The second-order valence-electron chi connectivity index (χ2n) is 4.67. The van der Waals surface area contributed by atoms with Crippen LogP contribution < -0.4 is 10.6 Å². The van der Waals surface area contributed by atoms with Crippen molar-refractivity contribution in [3.8, 4) is 0 Å². The standard InChI is InChI=1S/C13H19BrN2O/c1-9-8-17-10(2)7-16(9)13-4-11(6-15)3-12(14)5-13/h3-5,9-10H,6-8,15H2,1-2H3. The van der Waals surface area contributed by atoms with Crippen molar-refractivity contribution in [2.24, 2.45) is 5.73 Å². The Morgan fingerprint density at radius 2 is 2.18 bits per heavy atom. The van der Waals surface area contributed by atoms with E-state index >= 15 is 0 Å². The molecule has 17 heavy (non-hydrogen) atoms. The summed E-state index contributed by atoms with van der Waals surface area (Å²) in [6.45, 7) is 6.59. The zero-order valence-corrected chi connectivity index (χ0v) is 11.9. The van der Waals surface area contributed by atoms with E-state index in [1.807, 2.05) is 0 Å². The Bertz CT molecular complexity index is 397. The van der Waals surface area contributed by atoms with E-state index in [2.05, 4.69) is 52.9 Å². The van der Waals surface area contributed by atoms with Gasteiger partial charge in [0.2, 0.25) is 0 Å². The summed E-state index contributed by atoms with van der Waals surface area (Å²) in [4.78, 5) is 2.39. The molecule has 1 aliphatic heterocycles. The second kappa shape index (κ2) is 5.38. The van der Waals surface area contributed by atoms with Crippen LogP contribution in [0.5, 0.6) is 0 Å². The van der Waals surface area contributed by atoms with E-state index < -0.39 is 0 Å². The molecule has 2 unspecified atom stereocenters. The fourth-order valence-electron chi connectivity index (χ4n) is 2.18. The first-order valence-electron chi connectivity index (χ1n) is 5.98. The molecule has 2 rings (SSSR count). The SMILES string of the molecule is CC1CN(c2cc(Br)cc(CN)c2)C(C)CO1. The fraction of sp³-hybridized carbons (Fsp3) is 0.538. The predicted molar refractivity (Wildman–Crippen MR) is 74.3 cm³/mol. The van der Waals surface area contributed by atoms with Crippen LogP contribution in [0, 0.1) is 0 Å². The van der Waals surface area contributed by atoms with Crippen molar-refractivity contribution in [1.82, 2.24) is 0 Å². The maximum Gasteiger partial charge on any atom is 0.0723 e. The Labute approximate surface area is 111 Å². The Hall–Kier alpha value is -0.580. The van der Waals surface area contributed by atoms with Crippen LogP contribution in [0.3, 0.4) is 0 Å². The largest absolute Gasteiger partial charge is 0.375 e. The van der Waals surface area contributed by atoms with Crippen LogP contribution in [0.25, 0.3) is 0 Å². The summed E-state index contributed by atoms with van der Waals surface area (Å²) < 4.78 is 6.74. The summed E-state index contributed by atoms with van der Waals surface area (Å²) in [7, 11) is 0. The average molecular weight is 299 g/mol. The normalized spacial score (nSPS) is 25.1.